The number of carbonyl (C=O) groups is 1. The molecule has 2 atom stereocenters. The van der Waals surface area contributed by atoms with Crippen molar-refractivity contribution in [1.82, 2.24) is 0 Å². The van der Waals surface area contributed by atoms with Gasteiger partial charge in [0.25, 0.3) is 0 Å². The maximum Gasteiger partial charge on any atom is 0.339 e. The summed E-state index contributed by atoms with van der Waals surface area (Å²) >= 11 is 0. The van der Waals surface area contributed by atoms with Crippen LogP contribution >= 0.6 is 0 Å². The molecule has 0 aliphatic heterocycles. The molecular weight excluding hydrogens is 230 g/mol. The number of methoxy groups -OCH3 is 1. The van der Waals surface area contributed by atoms with Crippen LogP contribution in [0.25, 0.3) is 0 Å². The van der Waals surface area contributed by atoms with Crippen LogP contribution in [0.5, 0.6) is 0 Å². The van der Waals surface area contributed by atoms with E-state index in [0.29, 0.717) is 11.1 Å². The maximum absolute atomic E-state index is 12.0. The van der Waals surface area contributed by atoms with Crippen molar-refractivity contribution in [1.29, 1.82) is 5.26 Å². The van der Waals surface area contributed by atoms with E-state index < -0.39 is 5.97 Å². The molecule has 0 spiro atoms. The van der Waals surface area contributed by atoms with Gasteiger partial charge in [-0.05, 0) is 31.4 Å². The molecule has 18 heavy (non-hydrogen) atoms. The fourth-order valence-corrected chi connectivity index (χ4v) is 2.26. The summed E-state index contributed by atoms with van der Waals surface area (Å²) in [6.07, 6.45) is 2.50. The SMILES string of the molecule is CO[C@@H]1CCC[C@H]1OC(=O)c1ccccc1C#N. The highest BCUT2D eigenvalue weighted by atomic mass is 16.6. The predicted octanol–water partition coefficient (Wildman–Crippen LogP) is 2.28. The Morgan fingerprint density at radius 3 is 2.78 bits per heavy atom. The molecule has 0 N–H and O–H groups in total. The molecule has 0 radical (unpaired) electrons. The van der Waals surface area contributed by atoms with E-state index in [-0.39, 0.29) is 12.2 Å². The molecule has 0 saturated heterocycles. The van der Waals surface area contributed by atoms with Crippen LogP contribution in [0.2, 0.25) is 0 Å². The Morgan fingerprint density at radius 1 is 1.33 bits per heavy atom. The first kappa shape index (κ1) is 12.6. The fourth-order valence-electron chi connectivity index (χ4n) is 2.26. The third-order valence-electron chi connectivity index (χ3n) is 3.22. The monoisotopic (exact) mass is 245 g/mol. The van der Waals surface area contributed by atoms with Gasteiger partial charge in [-0.1, -0.05) is 12.1 Å². The number of carbonyl (C=O) groups excluding carboxylic acids is 1. The summed E-state index contributed by atoms with van der Waals surface area (Å²) < 4.78 is 10.7. The van der Waals surface area contributed by atoms with Gasteiger partial charge in [-0.15, -0.1) is 0 Å². The van der Waals surface area contributed by atoms with Gasteiger partial charge in [-0.3, -0.25) is 0 Å². The van der Waals surface area contributed by atoms with Crippen molar-refractivity contribution in [2.75, 3.05) is 7.11 Å². The molecule has 0 aromatic heterocycles. The first-order chi connectivity index (χ1) is 8.76. The van der Waals surface area contributed by atoms with Crippen molar-refractivity contribution in [3.8, 4) is 6.07 Å². The van der Waals surface area contributed by atoms with Crippen molar-refractivity contribution < 1.29 is 14.3 Å². The molecule has 1 aromatic carbocycles. The van der Waals surface area contributed by atoms with Crippen molar-refractivity contribution in [2.45, 2.75) is 31.5 Å². The van der Waals surface area contributed by atoms with Crippen LogP contribution in [-0.4, -0.2) is 25.3 Å². The van der Waals surface area contributed by atoms with Gasteiger partial charge in [0.1, 0.15) is 12.2 Å². The Kier molecular flexibility index (Phi) is 3.96. The van der Waals surface area contributed by atoms with E-state index in [1.807, 2.05) is 6.07 Å². The van der Waals surface area contributed by atoms with Crippen LogP contribution in [-0.2, 0) is 9.47 Å². The Bertz CT molecular complexity index is 478. The lowest BCUT2D eigenvalue weighted by atomic mass is 10.1. The third-order valence-corrected chi connectivity index (χ3v) is 3.22. The molecule has 1 fully saturated rings. The normalized spacial score (nSPS) is 22.4. The number of hydrogen-bond donors (Lipinski definition) is 0. The lowest BCUT2D eigenvalue weighted by Crippen LogP contribution is -2.28. The van der Waals surface area contributed by atoms with E-state index >= 15 is 0 Å². The minimum atomic E-state index is -0.443. The van der Waals surface area contributed by atoms with E-state index in [4.69, 9.17) is 14.7 Å². The molecule has 1 aromatic rings. The van der Waals surface area contributed by atoms with E-state index in [1.54, 1.807) is 31.4 Å². The summed E-state index contributed by atoms with van der Waals surface area (Å²) in [5.41, 5.74) is 0.663. The summed E-state index contributed by atoms with van der Waals surface area (Å²) in [6.45, 7) is 0. The lowest BCUT2D eigenvalue weighted by molar-refractivity contribution is -0.0207. The smallest absolute Gasteiger partial charge is 0.339 e. The largest absolute Gasteiger partial charge is 0.456 e. The number of ether oxygens (including phenoxy) is 2. The zero-order valence-electron chi connectivity index (χ0n) is 10.3. The maximum atomic E-state index is 12.0. The van der Waals surface area contributed by atoms with E-state index in [2.05, 4.69) is 0 Å². The van der Waals surface area contributed by atoms with Gasteiger partial charge in [0, 0.05) is 7.11 Å². The second kappa shape index (κ2) is 5.65. The van der Waals surface area contributed by atoms with Gasteiger partial charge < -0.3 is 9.47 Å². The second-order valence-electron chi connectivity index (χ2n) is 4.31. The van der Waals surface area contributed by atoms with Gasteiger partial charge in [0.15, 0.2) is 0 Å². The highest BCUT2D eigenvalue weighted by Crippen LogP contribution is 2.25. The molecule has 0 unspecified atom stereocenters. The number of rotatable bonds is 3. The third kappa shape index (κ3) is 2.52. The van der Waals surface area contributed by atoms with Crippen LogP contribution in [0.1, 0.15) is 35.2 Å². The number of esters is 1. The first-order valence-corrected chi connectivity index (χ1v) is 5.99. The Morgan fingerprint density at radius 2 is 2.06 bits per heavy atom. The van der Waals surface area contributed by atoms with Gasteiger partial charge in [-0.2, -0.15) is 5.26 Å². The van der Waals surface area contributed by atoms with E-state index in [9.17, 15) is 4.79 Å². The standard InChI is InChI=1S/C14H15NO3/c1-17-12-7-4-8-13(12)18-14(16)11-6-3-2-5-10(11)9-15/h2-3,5-6,12-13H,4,7-8H2,1H3/t12-,13-/m1/s1. The lowest BCUT2D eigenvalue weighted by Gasteiger charge is -2.18. The Hall–Kier alpha value is -1.86. The molecule has 0 heterocycles. The minimum Gasteiger partial charge on any atom is -0.456 e. The van der Waals surface area contributed by atoms with Crippen LogP contribution in [0.15, 0.2) is 24.3 Å². The Labute approximate surface area is 106 Å². The van der Waals surface area contributed by atoms with Gasteiger partial charge in [0.05, 0.1) is 17.2 Å². The zero-order valence-corrected chi connectivity index (χ0v) is 10.3. The number of nitriles is 1. The van der Waals surface area contributed by atoms with E-state index in [0.717, 1.165) is 19.3 Å². The Balaban J connectivity index is 2.10. The quantitative estimate of drug-likeness (QED) is 0.766. The van der Waals surface area contributed by atoms with Gasteiger partial charge in [-0.25, -0.2) is 4.79 Å². The predicted molar refractivity (Wildman–Crippen MR) is 65.0 cm³/mol. The van der Waals surface area contributed by atoms with Gasteiger partial charge >= 0.3 is 5.97 Å². The van der Waals surface area contributed by atoms with Crippen molar-refractivity contribution in [3.05, 3.63) is 35.4 Å². The molecular formula is C14H15NO3. The zero-order chi connectivity index (χ0) is 13.0. The van der Waals surface area contributed by atoms with Crippen LogP contribution < -0.4 is 0 Å². The summed E-state index contributed by atoms with van der Waals surface area (Å²) in [7, 11) is 1.63. The number of hydrogen-bond acceptors (Lipinski definition) is 4. The molecule has 1 aliphatic carbocycles. The first-order valence-electron chi connectivity index (χ1n) is 5.99. The van der Waals surface area contributed by atoms with E-state index in [1.165, 1.54) is 0 Å². The summed E-state index contributed by atoms with van der Waals surface area (Å²) in [5.74, 6) is -0.443. The molecule has 4 nitrogen and oxygen atoms in total. The molecule has 0 bridgehead atoms. The average Bonchev–Trinajstić information content (AvgIpc) is 2.85. The number of nitrogens with zero attached hydrogens (tertiary/aromatic N) is 1. The van der Waals surface area contributed by atoms with Crippen molar-refractivity contribution in [2.24, 2.45) is 0 Å². The summed E-state index contributed by atoms with van der Waals surface area (Å²) in [5, 5.41) is 8.94. The fraction of sp³-hybridized carbons (Fsp3) is 0.429. The molecule has 2 rings (SSSR count). The van der Waals surface area contributed by atoms with Crippen LogP contribution in [0.3, 0.4) is 0 Å². The number of benzene rings is 1. The average molecular weight is 245 g/mol. The molecule has 0 amide bonds. The van der Waals surface area contributed by atoms with Crippen LogP contribution in [0, 0.1) is 11.3 Å². The molecule has 1 saturated carbocycles. The highest BCUT2D eigenvalue weighted by Gasteiger charge is 2.31. The van der Waals surface area contributed by atoms with Gasteiger partial charge in [0.2, 0.25) is 0 Å². The molecule has 1 aliphatic rings. The summed E-state index contributed by atoms with van der Waals surface area (Å²) in [4.78, 5) is 12.0. The highest BCUT2D eigenvalue weighted by molar-refractivity contribution is 5.92. The van der Waals surface area contributed by atoms with Crippen LogP contribution in [0.4, 0.5) is 0 Å². The minimum absolute atomic E-state index is 0.0248. The second-order valence-corrected chi connectivity index (χ2v) is 4.31. The molecule has 4 heteroatoms. The van der Waals surface area contributed by atoms with Crippen molar-refractivity contribution >= 4 is 5.97 Å². The molecule has 94 valence electrons. The summed E-state index contributed by atoms with van der Waals surface area (Å²) in [6, 6.07) is 8.66. The topological polar surface area (TPSA) is 59.3 Å². The van der Waals surface area contributed by atoms with Crippen molar-refractivity contribution in [3.63, 3.8) is 0 Å².